The van der Waals surface area contributed by atoms with E-state index in [0.717, 1.165) is 12.1 Å². The second kappa shape index (κ2) is 10.2. The van der Waals surface area contributed by atoms with Gasteiger partial charge in [0.1, 0.15) is 0 Å². The van der Waals surface area contributed by atoms with Gasteiger partial charge in [0.15, 0.2) is 0 Å². The number of nitrogens with zero attached hydrogens (tertiary/aromatic N) is 1. The number of benzene rings is 8. The Hall–Kier alpha value is -6.05. The maximum atomic E-state index is 4.59. The Morgan fingerprint density at radius 3 is 1.66 bits per heavy atom. The molecule has 1 heterocycles. The lowest BCUT2D eigenvalue weighted by molar-refractivity contribution is 1.25. The van der Waals surface area contributed by atoms with Gasteiger partial charge in [-0.05, 0) is 119 Å². The van der Waals surface area contributed by atoms with Crippen molar-refractivity contribution in [2.45, 2.75) is 6.42 Å². The van der Waals surface area contributed by atoms with Gasteiger partial charge in [0, 0.05) is 11.8 Å². The molecule has 0 bridgehead atoms. The highest BCUT2D eigenvalue weighted by Crippen LogP contribution is 2.46. The van der Waals surface area contributed by atoms with Crippen molar-refractivity contribution < 1.29 is 0 Å². The lowest BCUT2D eigenvalue weighted by Crippen LogP contribution is -1.92. The highest BCUT2D eigenvalue weighted by atomic mass is 14.7. The first kappa shape index (κ1) is 26.2. The van der Waals surface area contributed by atoms with Crippen molar-refractivity contribution in [3.8, 4) is 55.8 Å². The molecule has 47 heavy (non-hydrogen) atoms. The zero-order valence-corrected chi connectivity index (χ0v) is 25.7. The van der Waals surface area contributed by atoms with Gasteiger partial charge in [0.25, 0.3) is 0 Å². The Kier molecular flexibility index (Phi) is 5.70. The Balaban J connectivity index is 1.15. The first-order chi connectivity index (χ1) is 23.3. The van der Waals surface area contributed by atoms with Gasteiger partial charge in [-0.15, -0.1) is 0 Å². The Morgan fingerprint density at radius 1 is 0.362 bits per heavy atom. The van der Waals surface area contributed by atoms with Crippen LogP contribution in [0.5, 0.6) is 0 Å². The molecule has 0 N–H and O–H groups in total. The summed E-state index contributed by atoms with van der Waals surface area (Å²) in [6, 6.07) is 58.1. The third-order valence-corrected chi connectivity index (χ3v) is 10.1. The first-order valence-electron chi connectivity index (χ1n) is 16.3. The maximum absolute atomic E-state index is 4.59. The Labute approximate surface area is 273 Å². The highest BCUT2D eigenvalue weighted by molar-refractivity contribution is 6.28. The van der Waals surface area contributed by atoms with E-state index in [1.807, 2.05) is 12.3 Å². The Morgan fingerprint density at radius 2 is 0.957 bits per heavy atom. The fraction of sp³-hybridized carbons (Fsp3) is 0.0217. The Bertz CT molecular complexity index is 2600. The van der Waals surface area contributed by atoms with E-state index in [9.17, 15) is 0 Å². The summed E-state index contributed by atoms with van der Waals surface area (Å²) >= 11 is 0. The van der Waals surface area contributed by atoms with Gasteiger partial charge < -0.3 is 0 Å². The van der Waals surface area contributed by atoms with Crippen LogP contribution in [0.2, 0.25) is 0 Å². The summed E-state index contributed by atoms with van der Waals surface area (Å²) in [5.41, 5.74) is 15.1. The number of hydrogen-bond acceptors (Lipinski definition) is 1. The molecule has 1 aromatic heterocycles. The van der Waals surface area contributed by atoms with E-state index in [1.54, 1.807) is 0 Å². The molecule has 1 nitrogen and oxygen atoms in total. The molecule has 0 atom stereocenters. The topological polar surface area (TPSA) is 12.9 Å². The zero-order chi connectivity index (χ0) is 30.9. The van der Waals surface area contributed by atoms with E-state index in [0.29, 0.717) is 0 Å². The molecule has 1 aliphatic carbocycles. The van der Waals surface area contributed by atoms with Crippen LogP contribution in [0.4, 0.5) is 0 Å². The molecule has 0 spiro atoms. The summed E-state index contributed by atoms with van der Waals surface area (Å²) in [6.45, 7) is 0. The third kappa shape index (κ3) is 4.14. The molecule has 0 amide bonds. The largest absolute Gasteiger partial charge is 0.256 e. The number of hydrogen-bond donors (Lipinski definition) is 0. The van der Waals surface area contributed by atoms with Crippen molar-refractivity contribution in [2.24, 2.45) is 0 Å². The third-order valence-electron chi connectivity index (χ3n) is 10.1. The van der Waals surface area contributed by atoms with E-state index < -0.39 is 0 Å². The van der Waals surface area contributed by atoms with Gasteiger partial charge >= 0.3 is 0 Å². The predicted octanol–water partition coefficient (Wildman–Crippen LogP) is 12.2. The average molecular weight is 596 g/mol. The molecule has 0 saturated heterocycles. The van der Waals surface area contributed by atoms with Crippen molar-refractivity contribution in [2.75, 3.05) is 0 Å². The van der Waals surface area contributed by atoms with Crippen molar-refractivity contribution >= 4 is 32.3 Å². The molecular formula is C46H29N. The average Bonchev–Trinajstić information content (AvgIpc) is 3.51. The summed E-state index contributed by atoms with van der Waals surface area (Å²) in [6.07, 6.45) is 2.80. The van der Waals surface area contributed by atoms with E-state index in [4.69, 9.17) is 0 Å². The summed E-state index contributed by atoms with van der Waals surface area (Å²) in [5, 5.41) is 7.89. The van der Waals surface area contributed by atoms with E-state index >= 15 is 0 Å². The molecule has 9 aromatic rings. The quantitative estimate of drug-likeness (QED) is 0.184. The van der Waals surface area contributed by atoms with Crippen molar-refractivity contribution in [1.82, 2.24) is 4.98 Å². The van der Waals surface area contributed by atoms with Gasteiger partial charge in [-0.1, -0.05) is 133 Å². The number of rotatable bonds is 4. The molecule has 0 saturated carbocycles. The minimum absolute atomic E-state index is 0.929. The van der Waals surface area contributed by atoms with E-state index in [2.05, 4.69) is 157 Å². The van der Waals surface area contributed by atoms with Gasteiger partial charge in [-0.2, -0.15) is 0 Å². The monoisotopic (exact) mass is 595 g/mol. The van der Waals surface area contributed by atoms with Crippen LogP contribution in [0.15, 0.2) is 164 Å². The van der Waals surface area contributed by atoms with Crippen LogP contribution in [0.1, 0.15) is 11.1 Å². The predicted molar refractivity (Wildman–Crippen MR) is 198 cm³/mol. The molecule has 1 aliphatic rings. The fourth-order valence-corrected chi connectivity index (χ4v) is 7.85. The molecule has 0 unspecified atom stereocenters. The van der Waals surface area contributed by atoms with Crippen LogP contribution < -0.4 is 0 Å². The summed E-state index contributed by atoms with van der Waals surface area (Å²) in [4.78, 5) is 4.59. The van der Waals surface area contributed by atoms with Crippen molar-refractivity contribution in [3.05, 3.63) is 175 Å². The smallest absolute Gasteiger partial charge is 0.0702 e. The maximum Gasteiger partial charge on any atom is 0.0702 e. The number of fused-ring (bicyclic) bond motifs is 3. The fourth-order valence-electron chi connectivity index (χ4n) is 7.85. The van der Waals surface area contributed by atoms with Crippen LogP contribution >= 0.6 is 0 Å². The standard InChI is InChI=1S/C46H29N/c1-2-7-29(8-3-1)30-12-14-31(15-13-30)42-28-43(41-23-17-33-10-6-9-32-16-22-40(42)46(41)45(32)33)34-18-20-38-36(25-34)27-37-26-35(19-21-39(37)38)44-11-4-5-24-47-44/h1-26,28H,27H2. The van der Waals surface area contributed by atoms with Crippen molar-refractivity contribution in [1.29, 1.82) is 0 Å². The van der Waals surface area contributed by atoms with Crippen LogP contribution in [-0.2, 0) is 6.42 Å². The number of aromatic nitrogens is 1. The zero-order valence-electron chi connectivity index (χ0n) is 25.7. The van der Waals surface area contributed by atoms with Crippen LogP contribution in [0, 0.1) is 0 Å². The van der Waals surface area contributed by atoms with Gasteiger partial charge in [0.05, 0.1) is 5.69 Å². The van der Waals surface area contributed by atoms with Gasteiger partial charge in [-0.25, -0.2) is 0 Å². The molecular weight excluding hydrogens is 567 g/mol. The SMILES string of the molecule is c1ccc(-c2ccc(-c3cc(-c4ccc5c(c4)Cc4cc(-c6ccccn6)ccc4-5)c4ccc5cccc6ccc3c4c65)cc2)cc1. The lowest BCUT2D eigenvalue weighted by atomic mass is 9.85. The van der Waals surface area contributed by atoms with Crippen LogP contribution in [0.3, 0.4) is 0 Å². The van der Waals surface area contributed by atoms with Crippen molar-refractivity contribution in [3.63, 3.8) is 0 Å². The molecule has 0 radical (unpaired) electrons. The van der Waals surface area contributed by atoms with E-state index in [1.165, 1.54) is 93.5 Å². The lowest BCUT2D eigenvalue weighted by Gasteiger charge is -2.18. The first-order valence-corrected chi connectivity index (χ1v) is 16.3. The highest BCUT2D eigenvalue weighted by Gasteiger charge is 2.22. The van der Waals surface area contributed by atoms with Gasteiger partial charge in [-0.3, -0.25) is 4.98 Å². The molecule has 0 aliphatic heterocycles. The summed E-state index contributed by atoms with van der Waals surface area (Å²) in [5.74, 6) is 0. The minimum atomic E-state index is 0.929. The van der Waals surface area contributed by atoms with E-state index in [-0.39, 0.29) is 0 Å². The summed E-state index contributed by atoms with van der Waals surface area (Å²) in [7, 11) is 0. The molecule has 10 rings (SSSR count). The normalized spacial score (nSPS) is 12.2. The summed E-state index contributed by atoms with van der Waals surface area (Å²) < 4.78 is 0. The van der Waals surface area contributed by atoms with Crippen LogP contribution in [0.25, 0.3) is 88.1 Å². The molecule has 218 valence electrons. The minimum Gasteiger partial charge on any atom is -0.256 e. The second-order valence-electron chi connectivity index (χ2n) is 12.7. The van der Waals surface area contributed by atoms with Gasteiger partial charge in [0.2, 0.25) is 0 Å². The molecule has 8 aromatic carbocycles. The van der Waals surface area contributed by atoms with Crippen LogP contribution in [-0.4, -0.2) is 4.98 Å². The second-order valence-corrected chi connectivity index (χ2v) is 12.7. The number of pyridine rings is 1. The molecule has 1 heteroatoms. The molecule has 0 fully saturated rings.